The highest BCUT2D eigenvalue weighted by molar-refractivity contribution is 7.80. The van der Waals surface area contributed by atoms with Gasteiger partial charge in [0.25, 0.3) is 0 Å². The number of nitrogens with one attached hydrogen (secondary N) is 2. The molecule has 2 aromatic rings. The number of anilines is 1. The first-order chi connectivity index (χ1) is 12.0. The molecule has 0 fully saturated rings. The van der Waals surface area contributed by atoms with Crippen molar-refractivity contribution in [2.45, 2.75) is 13.0 Å². The normalized spacial score (nSPS) is 11.8. The molecule has 0 unspecified atom stereocenters. The molecule has 0 spiro atoms. The molecule has 25 heavy (non-hydrogen) atoms. The Balaban J connectivity index is 1.88. The summed E-state index contributed by atoms with van der Waals surface area (Å²) in [6.45, 7) is 2.86. The lowest BCUT2D eigenvalue weighted by Gasteiger charge is -2.24. The summed E-state index contributed by atoms with van der Waals surface area (Å²) in [6.07, 6.45) is 0. The quantitative estimate of drug-likeness (QED) is 0.569. The Morgan fingerprint density at radius 2 is 2.00 bits per heavy atom. The molecular weight excluding hydrogens is 354 g/mol. The maximum absolute atomic E-state index is 11.6. The fourth-order valence-electron chi connectivity index (χ4n) is 2.29. The predicted molar refractivity (Wildman–Crippen MR) is 107 cm³/mol. The zero-order valence-electron chi connectivity index (χ0n) is 14.6. The Labute approximate surface area is 158 Å². The van der Waals surface area contributed by atoms with Gasteiger partial charge in [-0.15, -0.1) is 11.3 Å². The van der Waals surface area contributed by atoms with Crippen LogP contribution < -0.4 is 10.6 Å². The van der Waals surface area contributed by atoms with E-state index < -0.39 is 0 Å². The Kier molecular flexibility index (Phi) is 7.36. The van der Waals surface area contributed by atoms with E-state index in [1.54, 1.807) is 30.4 Å². The van der Waals surface area contributed by atoms with Gasteiger partial charge in [-0.1, -0.05) is 6.07 Å². The summed E-state index contributed by atoms with van der Waals surface area (Å²) >= 11 is 7.10. The van der Waals surface area contributed by atoms with Crippen LogP contribution in [0.1, 0.15) is 28.2 Å². The summed E-state index contributed by atoms with van der Waals surface area (Å²) in [6, 6.07) is 11.5. The van der Waals surface area contributed by atoms with Crippen LogP contribution in [0.3, 0.4) is 0 Å². The first-order valence-corrected chi connectivity index (χ1v) is 9.32. The van der Waals surface area contributed by atoms with Gasteiger partial charge < -0.3 is 20.3 Å². The Morgan fingerprint density at radius 3 is 2.56 bits per heavy atom. The molecule has 2 rings (SSSR count). The SMILES string of the molecule is CCOC(=O)c1ccc(NC(=S)NC[C@H](c2cccs2)N(C)C)cc1. The average Bonchev–Trinajstić information content (AvgIpc) is 3.10. The third kappa shape index (κ3) is 5.81. The molecule has 0 saturated carbocycles. The molecule has 1 atom stereocenters. The Bertz CT molecular complexity index is 685. The molecule has 0 bridgehead atoms. The zero-order valence-corrected chi connectivity index (χ0v) is 16.2. The number of ether oxygens (including phenoxy) is 1. The summed E-state index contributed by atoms with van der Waals surface area (Å²) in [5.41, 5.74) is 1.35. The van der Waals surface area contributed by atoms with E-state index in [4.69, 9.17) is 17.0 Å². The van der Waals surface area contributed by atoms with Gasteiger partial charge in [0, 0.05) is 17.1 Å². The number of hydrogen-bond acceptors (Lipinski definition) is 5. The van der Waals surface area contributed by atoms with Gasteiger partial charge in [-0.05, 0) is 68.9 Å². The molecule has 134 valence electrons. The molecule has 1 heterocycles. The fourth-order valence-corrected chi connectivity index (χ4v) is 3.41. The van der Waals surface area contributed by atoms with Crippen molar-refractivity contribution in [2.24, 2.45) is 0 Å². The highest BCUT2D eigenvalue weighted by Gasteiger charge is 2.15. The second-order valence-corrected chi connectivity index (χ2v) is 7.02. The molecule has 1 aromatic heterocycles. The lowest BCUT2D eigenvalue weighted by Crippen LogP contribution is -2.36. The predicted octanol–water partition coefficient (Wildman–Crippen LogP) is 3.51. The zero-order chi connectivity index (χ0) is 18.2. The maximum Gasteiger partial charge on any atom is 0.338 e. The van der Waals surface area contributed by atoms with E-state index in [0.717, 1.165) is 5.69 Å². The number of likely N-dealkylation sites (N-methyl/N-ethyl adjacent to an activating group) is 1. The molecule has 1 aromatic carbocycles. The van der Waals surface area contributed by atoms with Gasteiger partial charge >= 0.3 is 5.97 Å². The molecule has 0 radical (unpaired) electrons. The molecule has 5 nitrogen and oxygen atoms in total. The minimum absolute atomic E-state index is 0.256. The van der Waals surface area contributed by atoms with Gasteiger partial charge in [-0.3, -0.25) is 0 Å². The third-order valence-electron chi connectivity index (χ3n) is 3.60. The monoisotopic (exact) mass is 377 g/mol. The second kappa shape index (κ2) is 9.50. The van der Waals surface area contributed by atoms with Crippen LogP contribution in [0.2, 0.25) is 0 Å². The molecular formula is C18H23N3O2S2. The van der Waals surface area contributed by atoms with Crippen LogP contribution in [0.4, 0.5) is 5.69 Å². The highest BCUT2D eigenvalue weighted by atomic mass is 32.1. The van der Waals surface area contributed by atoms with Gasteiger partial charge in [-0.25, -0.2) is 4.79 Å². The fraction of sp³-hybridized carbons (Fsp3) is 0.333. The van der Waals surface area contributed by atoms with Crippen molar-refractivity contribution in [1.29, 1.82) is 0 Å². The van der Waals surface area contributed by atoms with E-state index in [1.165, 1.54) is 4.88 Å². The van der Waals surface area contributed by atoms with E-state index in [0.29, 0.717) is 23.8 Å². The number of nitrogens with zero attached hydrogens (tertiary/aromatic N) is 1. The summed E-state index contributed by atoms with van der Waals surface area (Å²) in [4.78, 5) is 15.1. The van der Waals surface area contributed by atoms with E-state index in [1.807, 2.05) is 12.1 Å². The highest BCUT2D eigenvalue weighted by Crippen LogP contribution is 2.22. The van der Waals surface area contributed by atoms with E-state index in [2.05, 4.69) is 47.1 Å². The van der Waals surface area contributed by atoms with Crippen LogP contribution in [0.5, 0.6) is 0 Å². The summed E-state index contributed by atoms with van der Waals surface area (Å²) in [5.74, 6) is -0.320. The Hall–Kier alpha value is -1.96. The number of carbonyl (C=O) groups excluding carboxylic acids is 1. The first kappa shape index (κ1) is 19.4. The Morgan fingerprint density at radius 1 is 1.28 bits per heavy atom. The van der Waals surface area contributed by atoms with E-state index in [9.17, 15) is 4.79 Å². The number of hydrogen-bond donors (Lipinski definition) is 2. The second-order valence-electron chi connectivity index (χ2n) is 5.63. The van der Waals surface area contributed by atoms with Crippen LogP contribution >= 0.6 is 23.6 Å². The van der Waals surface area contributed by atoms with Gasteiger partial charge in [0.05, 0.1) is 18.2 Å². The number of thiocarbonyl (C=S) groups is 1. The van der Waals surface area contributed by atoms with Gasteiger partial charge in [0.1, 0.15) is 0 Å². The molecule has 0 saturated heterocycles. The van der Waals surface area contributed by atoms with Gasteiger partial charge in [-0.2, -0.15) is 0 Å². The standard InChI is InChI=1S/C18H23N3O2S2/c1-4-23-17(22)13-7-9-14(10-8-13)20-18(24)19-12-15(21(2)3)16-6-5-11-25-16/h5-11,15H,4,12H2,1-3H3,(H2,19,20,24)/t15-/m1/s1. The number of rotatable bonds is 7. The molecule has 7 heteroatoms. The van der Waals surface area contributed by atoms with Crippen molar-refractivity contribution >= 4 is 40.3 Å². The van der Waals surface area contributed by atoms with E-state index in [-0.39, 0.29) is 12.0 Å². The van der Waals surface area contributed by atoms with Crippen molar-refractivity contribution < 1.29 is 9.53 Å². The number of esters is 1. The van der Waals surface area contributed by atoms with Crippen molar-refractivity contribution in [1.82, 2.24) is 10.2 Å². The number of carbonyl (C=O) groups is 1. The van der Waals surface area contributed by atoms with Gasteiger partial charge in [0.2, 0.25) is 0 Å². The lowest BCUT2D eigenvalue weighted by atomic mass is 10.2. The van der Waals surface area contributed by atoms with Crippen LogP contribution in [0.15, 0.2) is 41.8 Å². The lowest BCUT2D eigenvalue weighted by molar-refractivity contribution is 0.0526. The maximum atomic E-state index is 11.6. The number of thiophene rings is 1. The largest absolute Gasteiger partial charge is 0.462 e. The molecule has 2 N–H and O–H groups in total. The summed E-state index contributed by atoms with van der Waals surface area (Å²) in [7, 11) is 4.10. The van der Waals surface area contributed by atoms with Gasteiger partial charge in [0.15, 0.2) is 5.11 Å². The van der Waals surface area contributed by atoms with Crippen molar-refractivity contribution in [3.63, 3.8) is 0 Å². The van der Waals surface area contributed by atoms with Crippen LogP contribution in [-0.2, 0) is 4.74 Å². The topological polar surface area (TPSA) is 53.6 Å². The summed E-state index contributed by atoms with van der Waals surface area (Å²) < 4.78 is 4.97. The van der Waals surface area contributed by atoms with Crippen molar-refractivity contribution in [3.05, 3.63) is 52.2 Å². The third-order valence-corrected chi connectivity index (χ3v) is 4.82. The minimum Gasteiger partial charge on any atom is -0.462 e. The molecule has 0 amide bonds. The first-order valence-electron chi connectivity index (χ1n) is 8.03. The van der Waals surface area contributed by atoms with Crippen LogP contribution in [0, 0.1) is 0 Å². The molecule has 0 aliphatic carbocycles. The van der Waals surface area contributed by atoms with Crippen LogP contribution in [-0.4, -0.2) is 43.2 Å². The van der Waals surface area contributed by atoms with Crippen LogP contribution in [0.25, 0.3) is 0 Å². The van der Waals surface area contributed by atoms with E-state index >= 15 is 0 Å². The minimum atomic E-state index is -0.320. The molecule has 0 aliphatic heterocycles. The molecule has 0 aliphatic rings. The average molecular weight is 378 g/mol. The summed E-state index contributed by atoms with van der Waals surface area (Å²) in [5, 5.41) is 9.01. The number of benzene rings is 1. The van der Waals surface area contributed by atoms with Crippen molar-refractivity contribution in [3.8, 4) is 0 Å². The van der Waals surface area contributed by atoms with Crippen molar-refractivity contribution in [2.75, 3.05) is 32.6 Å². The smallest absolute Gasteiger partial charge is 0.338 e.